The summed E-state index contributed by atoms with van der Waals surface area (Å²) >= 11 is 0. The molecule has 1 saturated heterocycles. The fraction of sp³-hybridized carbons (Fsp3) is 0.667. The highest BCUT2D eigenvalue weighted by atomic mass is 15.3. The number of hydrogen-bond acceptors (Lipinski definition) is 3. The summed E-state index contributed by atoms with van der Waals surface area (Å²) in [7, 11) is 0. The van der Waals surface area contributed by atoms with Crippen molar-refractivity contribution in [3.8, 4) is 0 Å². The number of nitrogens with one attached hydrogen (secondary N) is 1. The first kappa shape index (κ1) is 16.3. The molecule has 118 valence electrons. The van der Waals surface area contributed by atoms with Crippen molar-refractivity contribution >= 4 is 5.69 Å². The molecule has 1 aromatic carbocycles. The molecule has 1 aromatic rings. The van der Waals surface area contributed by atoms with Crippen molar-refractivity contribution in [1.82, 2.24) is 10.2 Å². The topological polar surface area (TPSA) is 18.5 Å². The third kappa shape index (κ3) is 4.72. The standard InChI is InChI=1S/C18H31N3/c1-5-16(4)20-10-12-21(13-11-20)18-8-6-17(7-9-18)14-19-15(2)3/h6-9,15-16,19H,5,10-14H2,1-4H3. The van der Waals surface area contributed by atoms with Crippen LogP contribution in [-0.4, -0.2) is 43.2 Å². The average molecular weight is 289 g/mol. The van der Waals surface area contributed by atoms with Crippen molar-refractivity contribution in [3.63, 3.8) is 0 Å². The van der Waals surface area contributed by atoms with E-state index in [1.54, 1.807) is 0 Å². The Kier molecular flexibility index (Phi) is 6.07. The van der Waals surface area contributed by atoms with E-state index in [4.69, 9.17) is 0 Å². The largest absolute Gasteiger partial charge is 0.369 e. The first-order valence-electron chi connectivity index (χ1n) is 8.41. The molecule has 0 bridgehead atoms. The molecule has 1 fully saturated rings. The first-order valence-corrected chi connectivity index (χ1v) is 8.41. The molecule has 0 radical (unpaired) electrons. The maximum Gasteiger partial charge on any atom is 0.0367 e. The van der Waals surface area contributed by atoms with E-state index >= 15 is 0 Å². The minimum absolute atomic E-state index is 0.540. The molecule has 1 unspecified atom stereocenters. The van der Waals surface area contributed by atoms with E-state index < -0.39 is 0 Å². The van der Waals surface area contributed by atoms with Gasteiger partial charge in [0.1, 0.15) is 0 Å². The van der Waals surface area contributed by atoms with E-state index in [9.17, 15) is 0 Å². The molecule has 1 N–H and O–H groups in total. The zero-order valence-electron chi connectivity index (χ0n) is 14.1. The molecule has 0 aromatic heterocycles. The van der Waals surface area contributed by atoms with Crippen LogP contribution in [0.2, 0.25) is 0 Å². The van der Waals surface area contributed by atoms with Crippen LogP contribution in [0.4, 0.5) is 5.69 Å². The van der Waals surface area contributed by atoms with Crippen LogP contribution in [0.5, 0.6) is 0 Å². The van der Waals surface area contributed by atoms with Gasteiger partial charge in [0.05, 0.1) is 0 Å². The van der Waals surface area contributed by atoms with E-state index in [-0.39, 0.29) is 0 Å². The van der Waals surface area contributed by atoms with Gasteiger partial charge in [0.15, 0.2) is 0 Å². The normalized spacial score (nSPS) is 18.2. The van der Waals surface area contributed by atoms with Gasteiger partial charge in [0.2, 0.25) is 0 Å². The second-order valence-corrected chi connectivity index (χ2v) is 6.48. The van der Waals surface area contributed by atoms with Gasteiger partial charge in [-0.3, -0.25) is 4.90 Å². The summed E-state index contributed by atoms with van der Waals surface area (Å²) < 4.78 is 0. The molecular weight excluding hydrogens is 258 g/mol. The van der Waals surface area contributed by atoms with Crippen molar-refractivity contribution in [2.75, 3.05) is 31.1 Å². The SMILES string of the molecule is CCC(C)N1CCN(c2ccc(CNC(C)C)cc2)CC1. The lowest BCUT2D eigenvalue weighted by atomic mass is 10.1. The smallest absolute Gasteiger partial charge is 0.0367 e. The molecule has 0 saturated carbocycles. The van der Waals surface area contributed by atoms with Gasteiger partial charge in [-0.2, -0.15) is 0 Å². The fourth-order valence-corrected chi connectivity index (χ4v) is 2.83. The molecule has 1 atom stereocenters. The summed E-state index contributed by atoms with van der Waals surface area (Å²) in [6.45, 7) is 14.6. The minimum atomic E-state index is 0.540. The summed E-state index contributed by atoms with van der Waals surface area (Å²) in [6.07, 6.45) is 1.25. The van der Waals surface area contributed by atoms with Gasteiger partial charge in [-0.05, 0) is 31.0 Å². The lowest BCUT2D eigenvalue weighted by Crippen LogP contribution is -2.49. The number of hydrogen-bond donors (Lipinski definition) is 1. The molecule has 1 aliphatic heterocycles. The Morgan fingerprint density at radius 3 is 2.14 bits per heavy atom. The molecular formula is C18H31N3. The van der Waals surface area contributed by atoms with Crippen LogP contribution >= 0.6 is 0 Å². The summed E-state index contributed by atoms with van der Waals surface area (Å²) in [5.41, 5.74) is 2.73. The van der Waals surface area contributed by atoms with Crippen LogP contribution in [0.15, 0.2) is 24.3 Å². The van der Waals surface area contributed by atoms with Crippen molar-refractivity contribution in [3.05, 3.63) is 29.8 Å². The predicted octanol–water partition coefficient (Wildman–Crippen LogP) is 3.11. The van der Waals surface area contributed by atoms with Crippen LogP contribution in [0, 0.1) is 0 Å². The Labute approximate surface area is 130 Å². The Balaban J connectivity index is 1.86. The molecule has 1 heterocycles. The average Bonchev–Trinajstić information content (AvgIpc) is 2.53. The predicted molar refractivity (Wildman–Crippen MR) is 92.0 cm³/mol. The zero-order chi connectivity index (χ0) is 15.2. The molecule has 2 rings (SSSR count). The zero-order valence-corrected chi connectivity index (χ0v) is 14.1. The van der Waals surface area contributed by atoms with Gasteiger partial charge in [-0.15, -0.1) is 0 Å². The van der Waals surface area contributed by atoms with Gasteiger partial charge in [-0.25, -0.2) is 0 Å². The van der Waals surface area contributed by atoms with Crippen LogP contribution in [-0.2, 0) is 6.54 Å². The Bertz CT molecular complexity index is 405. The fourth-order valence-electron chi connectivity index (χ4n) is 2.83. The van der Waals surface area contributed by atoms with Gasteiger partial charge in [0.25, 0.3) is 0 Å². The van der Waals surface area contributed by atoms with Crippen LogP contribution in [0.3, 0.4) is 0 Å². The summed E-state index contributed by atoms with van der Waals surface area (Å²) in [4.78, 5) is 5.12. The van der Waals surface area contributed by atoms with E-state index in [1.807, 2.05) is 0 Å². The van der Waals surface area contributed by atoms with Crippen LogP contribution < -0.4 is 10.2 Å². The van der Waals surface area contributed by atoms with Crippen LogP contribution in [0.25, 0.3) is 0 Å². The summed E-state index contributed by atoms with van der Waals surface area (Å²) in [5.74, 6) is 0. The number of piperazine rings is 1. The molecule has 21 heavy (non-hydrogen) atoms. The monoisotopic (exact) mass is 289 g/mol. The van der Waals surface area contributed by atoms with Gasteiger partial charge < -0.3 is 10.2 Å². The summed E-state index contributed by atoms with van der Waals surface area (Å²) in [5, 5.41) is 3.47. The van der Waals surface area contributed by atoms with Gasteiger partial charge in [-0.1, -0.05) is 32.9 Å². The Morgan fingerprint density at radius 2 is 1.62 bits per heavy atom. The van der Waals surface area contributed by atoms with E-state index in [2.05, 4.69) is 67.1 Å². The lowest BCUT2D eigenvalue weighted by Gasteiger charge is -2.39. The molecule has 0 spiro atoms. The third-order valence-electron chi connectivity index (χ3n) is 4.54. The highest BCUT2D eigenvalue weighted by Crippen LogP contribution is 2.18. The van der Waals surface area contributed by atoms with Gasteiger partial charge in [0, 0.05) is 50.5 Å². The molecule has 0 amide bonds. The number of benzene rings is 1. The highest BCUT2D eigenvalue weighted by Gasteiger charge is 2.20. The van der Waals surface area contributed by atoms with Crippen LogP contribution in [0.1, 0.15) is 39.7 Å². The maximum absolute atomic E-state index is 3.47. The Morgan fingerprint density at radius 1 is 1.00 bits per heavy atom. The van der Waals surface area contributed by atoms with Gasteiger partial charge >= 0.3 is 0 Å². The van der Waals surface area contributed by atoms with Crippen molar-refractivity contribution in [2.45, 2.75) is 52.7 Å². The Hall–Kier alpha value is -1.06. The van der Waals surface area contributed by atoms with E-state index in [0.29, 0.717) is 6.04 Å². The van der Waals surface area contributed by atoms with Crippen molar-refractivity contribution < 1.29 is 0 Å². The lowest BCUT2D eigenvalue weighted by molar-refractivity contribution is 0.193. The second-order valence-electron chi connectivity index (χ2n) is 6.48. The quantitative estimate of drug-likeness (QED) is 0.868. The molecule has 3 nitrogen and oxygen atoms in total. The molecule has 0 aliphatic carbocycles. The first-order chi connectivity index (χ1) is 10.1. The highest BCUT2D eigenvalue weighted by molar-refractivity contribution is 5.48. The van der Waals surface area contributed by atoms with E-state index in [0.717, 1.165) is 25.7 Å². The maximum atomic E-state index is 3.47. The number of rotatable bonds is 6. The summed E-state index contributed by atoms with van der Waals surface area (Å²) in [6, 6.07) is 10.3. The van der Waals surface area contributed by atoms with Crippen molar-refractivity contribution in [2.24, 2.45) is 0 Å². The molecule has 1 aliphatic rings. The molecule has 3 heteroatoms. The van der Waals surface area contributed by atoms with Crippen molar-refractivity contribution in [1.29, 1.82) is 0 Å². The number of anilines is 1. The number of nitrogens with zero attached hydrogens (tertiary/aromatic N) is 2. The third-order valence-corrected chi connectivity index (χ3v) is 4.54. The second kappa shape index (κ2) is 7.81. The minimum Gasteiger partial charge on any atom is -0.369 e. The van der Waals surface area contributed by atoms with E-state index in [1.165, 1.54) is 30.8 Å².